The molecule has 0 radical (unpaired) electrons. The highest BCUT2D eigenvalue weighted by Crippen LogP contribution is 2.32. The summed E-state index contributed by atoms with van der Waals surface area (Å²) in [6, 6.07) is 5.12. The summed E-state index contributed by atoms with van der Waals surface area (Å²) in [6.45, 7) is 2.30. The number of hydrogen-bond acceptors (Lipinski definition) is 3. The highest BCUT2D eigenvalue weighted by atomic mass is 19.4. The lowest BCUT2D eigenvalue weighted by Crippen LogP contribution is -2.18. The first-order chi connectivity index (χ1) is 9.54. The predicted molar refractivity (Wildman–Crippen MR) is 68.5 cm³/mol. The Hall–Kier alpha value is -1.56. The van der Waals surface area contributed by atoms with E-state index >= 15 is 0 Å². The van der Waals surface area contributed by atoms with Crippen molar-refractivity contribution < 1.29 is 17.9 Å². The third kappa shape index (κ3) is 2.65. The van der Waals surface area contributed by atoms with Crippen LogP contribution in [0.5, 0.6) is 0 Å². The van der Waals surface area contributed by atoms with E-state index in [4.69, 9.17) is 4.74 Å². The number of alkyl halides is 3. The fourth-order valence-corrected chi connectivity index (χ4v) is 2.54. The van der Waals surface area contributed by atoms with Gasteiger partial charge in [-0.1, -0.05) is 12.1 Å². The summed E-state index contributed by atoms with van der Waals surface area (Å²) < 4.78 is 43.3. The van der Waals surface area contributed by atoms with Crippen LogP contribution in [0.3, 0.4) is 0 Å². The van der Waals surface area contributed by atoms with Gasteiger partial charge in [0.2, 0.25) is 0 Å². The normalized spacial score (nSPS) is 26.4. The van der Waals surface area contributed by atoms with Gasteiger partial charge in [-0.2, -0.15) is 13.2 Å². The van der Waals surface area contributed by atoms with Gasteiger partial charge in [0.15, 0.2) is 5.90 Å². The van der Waals surface area contributed by atoms with Gasteiger partial charge in [-0.25, -0.2) is 0 Å². The molecule has 1 N–H and O–H groups in total. The van der Waals surface area contributed by atoms with Crippen molar-refractivity contribution in [2.45, 2.75) is 18.7 Å². The van der Waals surface area contributed by atoms with Crippen LogP contribution in [0.2, 0.25) is 0 Å². The Morgan fingerprint density at radius 2 is 1.95 bits per heavy atom. The average Bonchev–Trinajstić information content (AvgIpc) is 3.09. The van der Waals surface area contributed by atoms with Crippen LogP contribution < -0.4 is 5.32 Å². The van der Waals surface area contributed by atoms with Crippen LogP contribution in [0.25, 0.3) is 0 Å². The summed E-state index contributed by atoms with van der Waals surface area (Å²) >= 11 is 0. The van der Waals surface area contributed by atoms with Gasteiger partial charge in [0.25, 0.3) is 0 Å². The molecule has 0 aromatic heterocycles. The van der Waals surface area contributed by atoms with E-state index in [2.05, 4.69) is 10.3 Å². The molecule has 2 aliphatic heterocycles. The summed E-state index contributed by atoms with van der Waals surface area (Å²) in [6.07, 6.45) is -3.56. The van der Waals surface area contributed by atoms with E-state index in [1.165, 1.54) is 12.1 Å². The number of rotatable bonds is 2. The Morgan fingerprint density at radius 1 is 1.20 bits per heavy atom. The van der Waals surface area contributed by atoms with Crippen LogP contribution in [0, 0.1) is 5.92 Å². The van der Waals surface area contributed by atoms with Crippen molar-refractivity contribution in [3.8, 4) is 0 Å². The van der Waals surface area contributed by atoms with Gasteiger partial charge in [0.1, 0.15) is 6.10 Å². The van der Waals surface area contributed by atoms with Gasteiger partial charge >= 0.3 is 6.18 Å². The minimum absolute atomic E-state index is 0.257. The molecule has 3 rings (SSSR count). The topological polar surface area (TPSA) is 33.6 Å². The molecule has 2 atom stereocenters. The standard InChI is InChI=1S/C14H15F3N2O/c15-14(16,17)11-3-1-9(2-4-11)12-8-19-13(20-12)10-5-6-18-7-10/h1-4,10,12,18H,5-8H2. The molecule has 20 heavy (non-hydrogen) atoms. The Morgan fingerprint density at radius 3 is 2.55 bits per heavy atom. The lowest BCUT2D eigenvalue weighted by atomic mass is 10.1. The third-order valence-electron chi connectivity index (χ3n) is 3.70. The Kier molecular flexibility index (Phi) is 3.41. The second-order valence-electron chi connectivity index (χ2n) is 5.09. The number of hydrogen-bond donors (Lipinski definition) is 1. The van der Waals surface area contributed by atoms with E-state index in [0.717, 1.165) is 43.1 Å². The molecule has 1 aromatic rings. The molecule has 1 fully saturated rings. The second-order valence-corrected chi connectivity index (χ2v) is 5.09. The molecule has 0 bridgehead atoms. The Balaban J connectivity index is 1.66. The van der Waals surface area contributed by atoms with Crippen LogP contribution >= 0.6 is 0 Å². The van der Waals surface area contributed by atoms with Crippen molar-refractivity contribution in [2.24, 2.45) is 10.9 Å². The van der Waals surface area contributed by atoms with Crippen LogP contribution in [-0.4, -0.2) is 25.5 Å². The molecule has 0 aliphatic carbocycles. The molecule has 3 nitrogen and oxygen atoms in total. The van der Waals surface area contributed by atoms with E-state index in [1.807, 2.05) is 0 Å². The SMILES string of the molecule is FC(F)(F)c1ccc(C2CN=C(C3CCNC3)O2)cc1. The summed E-state index contributed by atoms with van der Waals surface area (Å²) in [4.78, 5) is 4.38. The minimum Gasteiger partial charge on any atom is -0.471 e. The zero-order valence-electron chi connectivity index (χ0n) is 10.8. The largest absolute Gasteiger partial charge is 0.471 e. The zero-order chi connectivity index (χ0) is 14.2. The molecular formula is C14H15F3N2O. The number of halogens is 3. The quantitative estimate of drug-likeness (QED) is 0.906. The third-order valence-corrected chi connectivity index (χ3v) is 3.70. The van der Waals surface area contributed by atoms with Gasteiger partial charge in [-0.05, 0) is 30.7 Å². The number of nitrogens with one attached hydrogen (secondary N) is 1. The van der Waals surface area contributed by atoms with Gasteiger partial charge in [-0.3, -0.25) is 4.99 Å². The maximum Gasteiger partial charge on any atom is 0.416 e. The number of nitrogens with zero attached hydrogens (tertiary/aromatic N) is 1. The molecular weight excluding hydrogens is 269 g/mol. The molecule has 2 aliphatic rings. The highest BCUT2D eigenvalue weighted by Gasteiger charge is 2.32. The minimum atomic E-state index is -4.30. The van der Waals surface area contributed by atoms with Crippen molar-refractivity contribution in [3.05, 3.63) is 35.4 Å². The molecule has 6 heteroatoms. The summed E-state index contributed by atoms with van der Waals surface area (Å²) in [7, 11) is 0. The number of benzene rings is 1. The summed E-state index contributed by atoms with van der Waals surface area (Å²) in [5.74, 6) is 1.04. The van der Waals surface area contributed by atoms with Crippen LogP contribution in [0.1, 0.15) is 23.7 Å². The average molecular weight is 284 g/mol. The van der Waals surface area contributed by atoms with Crippen LogP contribution in [0.15, 0.2) is 29.3 Å². The number of ether oxygens (including phenoxy) is 1. The van der Waals surface area contributed by atoms with Crippen molar-refractivity contribution in [1.82, 2.24) is 5.32 Å². The summed E-state index contributed by atoms with van der Waals surface area (Å²) in [5.41, 5.74) is 0.100. The smallest absolute Gasteiger partial charge is 0.416 e. The molecule has 1 aromatic carbocycles. The fourth-order valence-electron chi connectivity index (χ4n) is 2.54. The molecule has 0 amide bonds. The second kappa shape index (κ2) is 5.09. The molecule has 1 saturated heterocycles. The van der Waals surface area contributed by atoms with Crippen molar-refractivity contribution in [3.63, 3.8) is 0 Å². The maximum atomic E-state index is 12.5. The van der Waals surface area contributed by atoms with Gasteiger partial charge < -0.3 is 10.1 Å². The summed E-state index contributed by atoms with van der Waals surface area (Å²) in [5, 5.41) is 3.24. The van der Waals surface area contributed by atoms with Crippen molar-refractivity contribution >= 4 is 5.90 Å². The first kappa shape index (κ1) is 13.4. The Labute approximate surface area is 114 Å². The van der Waals surface area contributed by atoms with E-state index < -0.39 is 11.7 Å². The van der Waals surface area contributed by atoms with Gasteiger partial charge in [0.05, 0.1) is 12.1 Å². The van der Waals surface area contributed by atoms with E-state index in [-0.39, 0.29) is 6.10 Å². The first-order valence-corrected chi connectivity index (χ1v) is 6.63. The van der Waals surface area contributed by atoms with Gasteiger partial charge in [-0.15, -0.1) is 0 Å². The molecule has 0 saturated carbocycles. The van der Waals surface area contributed by atoms with Gasteiger partial charge in [0, 0.05) is 12.5 Å². The first-order valence-electron chi connectivity index (χ1n) is 6.63. The van der Waals surface area contributed by atoms with Crippen LogP contribution in [0.4, 0.5) is 13.2 Å². The van der Waals surface area contributed by atoms with E-state index in [1.54, 1.807) is 0 Å². The van der Waals surface area contributed by atoms with Crippen molar-refractivity contribution in [1.29, 1.82) is 0 Å². The predicted octanol–water partition coefficient (Wildman–Crippen LogP) is 2.78. The monoisotopic (exact) mass is 284 g/mol. The number of aliphatic imine (C=N–C) groups is 1. The van der Waals surface area contributed by atoms with Crippen molar-refractivity contribution in [2.75, 3.05) is 19.6 Å². The molecule has 2 unspecified atom stereocenters. The zero-order valence-corrected chi connectivity index (χ0v) is 10.8. The molecule has 0 spiro atoms. The molecule has 2 heterocycles. The van der Waals surface area contributed by atoms with E-state index in [0.29, 0.717) is 12.5 Å². The lowest BCUT2D eigenvalue weighted by molar-refractivity contribution is -0.137. The molecule has 108 valence electrons. The fraction of sp³-hybridized carbons (Fsp3) is 0.500. The Bertz CT molecular complexity index is 504. The maximum absolute atomic E-state index is 12.5. The van der Waals surface area contributed by atoms with E-state index in [9.17, 15) is 13.2 Å². The highest BCUT2D eigenvalue weighted by molar-refractivity contribution is 5.81. The lowest BCUT2D eigenvalue weighted by Gasteiger charge is -2.15. The van der Waals surface area contributed by atoms with Crippen LogP contribution in [-0.2, 0) is 10.9 Å².